The Morgan fingerprint density at radius 1 is 1.14 bits per heavy atom. The zero-order valence-electron chi connectivity index (χ0n) is 8.47. The van der Waals surface area contributed by atoms with Gasteiger partial charge in [-0.05, 0) is 7.05 Å². The topological polar surface area (TPSA) is 12.0 Å². The van der Waals surface area contributed by atoms with E-state index in [2.05, 4.69) is 24.4 Å². The molecule has 82 valence electrons. The van der Waals surface area contributed by atoms with Crippen molar-refractivity contribution in [2.75, 3.05) is 12.4 Å². The van der Waals surface area contributed by atoms with Gasteiger partial charge in [0.2, 0.25) is 0 Å². The average Bonchev–Trinajstić information content (AvgIpc) is 2.76. The molecule has 2 aromatic carbocycles. The fourth-order valence-corrected chi connectivity index (χ4v) is 1.11. The second-order valence-electron chi connectivity index (χ2n) is 2.83. The van der Waals surface area contributed by atoms with E-state index in [0.717, 1.165) is 0 Å². The van der Waals surface area contributed by atoms with Crippen LogP contribution in [0.1, 0.15) is 5.56 Å². The first-order valence-electron chi connectivity index (χ1n) is 4.41. The predicted octanol–water partition coefficient (Wildman–Crippen LogP) is 3.16. The third-order valence-electron chi connectivity index (χ3n) is 1.86. The third-order valence-corrected chi connectivity index (χ3v) is 1.86. The molecular formula is C12H15FeN-6. The van der Waals surface area contributed by atoms with Gasteiger partial charge in [-0.25, -0.2) is 12.1 Å². The molecule has 0 amide bonds. The van der Waals surface area contributed by atoms with Crippen molar-refractivity contribution in [1.82, 2.24) is 0 Å². The molecule has 0 unspecified atom stereocenters. The molecule has 2 heteroatoms. The van der Waals surface area contributed by atoms with Crippen LogP contribution in [0.4, 0.5) is 5.69 Å². The van der Waals surface area contributed by atoms with E-state index in [1.807, 2.05) is 43.4 Å². The summed E-state index contributed by atoms with van der Waals surface area (Å²) in [5.74, 6) is 0. The molecule has 0 aliphatic carbocycles. The van der Waals surface area contributed by atoms with E-state index in [4.69, 9.17) is 0 Å². The molecule has 0 atom stereocenters. The fourth-order valence-electron chi connectivity index (χ4n) is 1.11. The standard InChI is InChI=1S/C7H10N.C5H5.Fe/c1-6-4-3-5-7(6)8-2;1-2-4-5-3-1;/h3-5,8H,1-2H3;1-5H;/q-1;-5;. The first-order chi connectivity index (χ1) is 6.34. The summed E-state index contributed by atoms with van der Waals surface area (Å²) in [6, 6.07) is 16.2. The Balaban J connectivity index is 0.000000246. The summed E-state index contributed by atoms with van der Waals surface area (Å²) in [6.45, 7) is 2.09. The maximum absolute atomic E-state index is 3.08. The van der Waals surface area contributed by atoms with Crippen molar-refractivity contribution >= 4 is 5.69 Å². The molecule has 0 spiro atoms. The molecule has 0 saturated carbocycles. The number of hydrogen-bond donors (Lipinski definition) is 1. The van der Waals surface area contributed by atoms with Crippen molar-refractivity contribution in [2.24, 2.45) is 0 Å². The van der Waals surface area contributed by atoms with E-state index in [0.29, 0.717) is 0 Å². The Bertz CT molecular complexity index is 291. The average molecular weight is 229 g/mol. The summed E-state index contributed by atoms with van der Waals surface area (Å²) in [7, 11) is 1.93. The number of anilines is 1. The molecule has 0 bridgehead atoms. The van der Waals surface area contributed by atoms with E-state index >= 15 is 0 Å². The molecule has 0 heterocycles. The van der Waals surface area contributed by atoms with Gasteiger partial charge in [-0.1, -0.05) is 12.6 Å². The van der Waals surface area contributed by atoms with Crippen LogP contribution in [-0.2, 0) is 17.1 Å². The van der Waals surface area contributed by atoms with Gasteiger partial charge in [0.25, 0.3) is 0 Å². The number of rotatable bonds is 1. The summed E-state index contributed by atoms with van der Waals surface area (Å²) >= 11 is 0. The van der Waals surface area contributed by atoms with Crippen molar-refractivity contribution in [3.63, 3.8) is 0 Å². The molecule has 0 fully saturated rings. The van der Waals surface area contributed by atoms with Crippen LogP contribution in [0, 0.1) is 6.92 Å². The minimum atomic E-state index is 0. The second-order valence-corrected chi connectivity index (χ2v) is 2.83. The summed E-state index contributed by atoms with van der Waals surface area (Å²) in [4.78, 5) is 0. The van der Waals surface area contributed by atoms with E-state index < -0.39 is 0 Å². The minimum Gasteiger partial charge on any atom is -0.748 e. The number of hydrogen-bond acceptors (Lipinski definition) is 1. The first kappa shape index (κ1) is 13.0. The molecule has 0 aliphatic rings. The molecule has 0 aliphatic heterocycles. The number of nitrogens with one attached hydrogen (secondary N) is 1. The smallest absolute Gasteiger partial charge is 0 e. The summed E-state index contributed by atoms with van der Waals surface area (Å²) in [5, 5.41) is 3.08. The van der Waals surface area contributed by atoms with Crippen molar-refractivity contribution in [2.45, 2.75) is 6.92 Å². The normalized spacial score (nSPS) is 8.14. The molecule has 1 nitrogen and oxygen atoms in total. The molecule has 14 heavy (non-hydrogen) atoms. The van der Waals surface area contributed by atoms with Gasteiger partial charge in [-0.15, -0.1) is 5.56 Å². The summed E-state index contributed by atoms with van der Waals surface area (Å²) in [6.07, 6.45) is 0. The van der Waals surface area contributed by atoms with Gasteiger partial charge in [0.15, 0.2) is 0 Å². The minimum absolute atomic E-state index is 0. The van der Waals surface area contributed by atoms with Gasteiger partial charge in [0, 0.05) is 17.1 Å². The van der Waals surface area contributed by atoms with Gasteiger partial charge in [-0.2, -0.15) is 6.07 Å². The Kier molecular flexibility index (Phi) is 6.91. The third kappa shape index (κ3) is 4.31. The quantitative estimate of drug-likeness (QED) is 0.585. The Labute approximate surface area is 96.3 Å². The Morgan fingerprint density at radius 3 is 1.86 bits per heavy atom. The largest absolute Gasteiger partial charge is 0.748 e. The molecular weight excluding hydrogens is 214 g/mol. The van der Waals surface area contributed by atoms with E-state index in [9.17, 15) is 0 Å². The van der Waals surface area contributed by atoms with Crippen molar-refractivity contribution < 1.29 is 17.1 Å². The van der Waals surface area contributed by atoms with Crippen molar-refractivity contribution in [3.8, 4) is 0 Å². The van der Waals surface area contributed by atoms with Crippen LogP contribution in [0.25, 0.3) is 0 Å². The van der Waals surface area contributed by atoms with Crippen LogP contribution in [0.5, 0.6) is 0 Å². The van der Waals surface area contributed by atoms with Crippen LogP contribution in [0.3, 0.4) is 0 Å². The Hall–Kier alpha value is -0.981. The van der Waals surface area contributed by atoms with E-state index in [1.165, 1.54) is 11.3 Å². The zero-order valence-corrected chi connectivity index (χ0v) is 9.58. The summed E-state index contributed by atoms with van der Waals surface area (Å²) in [5.41, 5.74) is 2.54. The van der Waals surface area contributed by atoms with Crippen LogP contribution in [0.2, 0.25) is 0 Å². The van der Waals surface area contributed by atoms with E-state index in [1.54, 1.807) is 0 Å². The van der Waals surface area contributed by atoms with Gasteiger partial charge in [-0.3, -0.25) is 0 Å². The van der Waals surface area contributed by atoms with Gasteiger partial charge >= 0.3 is 0 Å². The van der Waals surface area contributed by atoms with Gasteiger partial charge in [0.05, 0.1) is 0 Å². The Morgan fingerprint density at radius 2 is 1.64 bits per heavy atom. The van der Waals surface area contributed by atoms with Crippen LogP contribution in [0.15, 0.2) is 48.5 Å². The molecule has 2 aromatic rings. The molecule has 1 N–H and O–H groups in total. The SMILES string of the molecule is CN[c-]1cccc1C.[Fe].[cH-]1[cH-][cH-][cH-][cH-]1. The van der Waals surface area contributed by atoms with Gasteiger partial charge in [0.1, 0.15) is 0 Å². The van der Waals surface area contributed by atoms with Crippen molar-refractivity contribution in [1.29, 1.82) is 0 Å². The van der Waals surface area contributed by atoms with Crippen LogP contribution < -0.4 is 5.32 Å². The second kappa shape index (κ2) is 7.43. The maximum atomic E-state index is 3.08. The van der Waals surface area contributed by atoms with Crippen LogP contribution >= 0.6 is 0 Å². The molecule has 0 saturated heterocycles. The fraction of sp³-hybridized carbons (Fsp3) is 0.167. The predicted molar refractivity (Wildman–Crippen MR) is 58.4 cm³/mol. The van der Waals surface area contributed by atoms with E-state index in [-0.39, 0.29) is 17.1 Å². The van der Waals surface area contributed by atoms with Gasteiger partial charge < -0.3 is 35.6 Å². The molecule has 0 radical (unpaired) electrons. The number of aryl methyl sites for hydroxylation is 1. The summed E-state index contributed by atoms with van der Waals surface area (Å²) < 4.78 is 0. The molecule has 0 aromatic heterocycles. The first-order valence-corrected chi connectivity index (χ1v) is 4.41. The zero-order chi connectivity index (χ0) is 9.52. The monoisotopic (exact) mass is 229 g/mol. The maximum Gasteiger partial charge on any atom is 0 e. The van der Waals surface area contributed by atoms with Crippen LogP contribution in [-0.4, -0.2) is 7.05 Å². The molecule has 2 rings (SSSR count). The van der Waals surface area contributed by atoms with Crippen molar-refractivity contribution in [3.05, 3.63) is 54.1 Å².